The molecular formula is C16H30ClO2-. The second-order valence-corrected chi connectivity index (χ2v) is 6.26. The topological polar surface area (TPSA) is 40.1 Å². The summed E-state index contributed by atoms with van der Waals surface area (Å²) in [6.07, 6.45) is 13.3. The molecule has 0 spiro atoms. The third-order valence-corrected chi connectivity index (χ3v) is 4.03. The zero-order valence-corrected chi connectivity index (χ0v) is 13.4. The van der Waals surface area contributed by atoms with Crippen LogP contribution in [0, 0.1) is 5.92 Å². The van der Waals surface area contributed by atoms with Gasteiger partial charge in [0.1, 0.15) is 0 Å². The summed E-state index contributed by atoms with van der Waals surface area (Å²) in [5, 5.41) is 10.5. The highest BCUT2D eigenvalue weighted by Gasteiger charge is 2.15. The summed E-state index contributed by atoms with van der Waals surface area (Å²) in [6, 6.07) is 0. The standard InChI is InChI=1S/C16H31ClO2/c1-3-4-5-6-7-8-9-10-11-12-13-15(14(2)17)16(18)19/h14-15H,3-13H2,1-2H3,(H,18,19)/p-1. The molecule has 2 nitrogen and oxygen atoms in total. The minimum Gasteiger partial charge on any atom is -0.550 e. The second-order valence-electron chi connectivity index (χ2n) is 5.57. The van der Waals surface area contributed by atoms with Gasteiger partial charge < -0.3 is 9.90 Å². The second kappa shape index (κ2) is 12.8. The molecule has 0 saturated carbocycles. The zero-order chi connectivity index (χ0) is 14.5. The molecule has 0 aromatic carbocycles. The van der Waals surface area contributed by atoms with E-state index in [1.165, 1.54) is 51.4 Å². The van der Waals surface area contributed by atoms with Crippen molar-refractivity contribution in [3.63, 3.8) is 0 Å². The molecule has 0 aromatic rings. The van der Waals surface area contributed by atoms with Crippen molar-refractivity contribution in [1.29, 1.82) is 0 Å². The summed E-state index contributed by atoms with van der Waals surface area (Å²) in [6.45, 7) is 3.97. The van der Waals surface area contributed by atoms with Crippen LogP contribution < -0.4 is 5.11 Å². The van der Waals surface area contributed by atoms with Crippen LogP contribution in [-0.2, 0) is 4.79 Å². The molecule has 0 fully saturated rings. The number of hydrogen-bond donors (Lipinski definition) is 0. The van der Waals surface area contributed by atoms with Gasteiger partial charge in [0.25, 0.3) is 0 Å². The molecule has 0 radical (unpaired) electrons. The molecule has 0 amide bonds. The quantitative estimate of drug-likeness (QED) is 0.375. The van der Waals surface area contributed by atoms with Crippen molar-refractivity contribution in [3.8, 4) is 0 Å². The smallest absolute Gasteiger partial charge is 0.0459 e. The van der Waals surface area contributed by atoms with Crippen LogP contribution >= 0.6 is 11.6 Å². The molecule has 0 heterocycles. The molecular weight excluding hydrogens is 260 g/mol. The summed E-state index contributed by atoms with van der Waals surface area (Å²) >= 11 is 5.84. The third kappa shape index (κ3) is 11.3. The number of rotatable bonds is 13. The number of carboxylic acids is 1. The maximum absolute atomic E-state index is 10.8. The van der Waals surface area contributed by atoms with E-state index < -0.39 is 11.9 Å². The van der Waals surface area contributed by atoms with E-state index in [1.807, 2.05) is 0 Å². The van der Waals surface area contributed by atoms with E-state index >= 15 is 0 Å². The van der Waals surface area contributed by atoms with E-state index in [0.29, 0.717) is 6.42 Å². The van der Waals surface area contributed by atoms with Gasteiger partial charge in [-0.25, -0.2) is 0 Å². The molecule has 0 aliphatic carbocycles. The minimum atomic E-state index is -1.00. The van der Waals surface area contributed by atoms with Gasteiger partial charge in [0.2, 0.25) is 0 Å². The first-order valence-electron chi connectivity index (χ1n) is 7.94. The molecule has 3 heteroatoms. The Balaban J connectivity index is 3.32. The number of carbonyl (C=O) groups is 1. The Bertz CT molecular complexity index is 217. The van der Waals surface area contributed by atoms with Crippen LogP contribution in [0.3, 0.4) is 0 Å². The van der Waals surface area contributed by atoms with Crippen LogP contribution in [0.25, 0.3) is 0 Å². The van der Waals surface area contributed by atoms with E-state index in [4.69, 9.17) is 11.6 Å². The highest BCUT2D eigenvalue weighted by atomic mass is 35.5. The summed E-state index contributed by atoms with van der Waals surface area (Å²) in [5.41, 5.74) is 0. The van der Waals surface area contributed by atoms with E-state index in [9.17, 15) is 9.90 Å². The highest BCUT2D eigenvalue weighted by molar-refractivity contribution is 6.21. The lowest BCUT2D eigenvalue weighted by atomic mass is 9.97. The molecule has 114 valence electrons. The fraction of sp³-hybridized carbons (Fsp3) is 0.938. The average molecular weight is 290 g/mol. The Morgan fingerprint density at radius 3 is 1.74 bits per heavy atom. The maximum Gasteiger partial charge on any atom is 0.0459 e. The normalized spacial score (nSPS) is 14.3. The average Bonchev–Trinajstić information content (AvgIpc) is 2.35. The van der Waals surface area contributed by atoms with Crippen molar-refractivity contribution in [2.24, 2.45) is 5.92 Å². The molecule has 19 heavy (non-hydrogen) atoms. The molecule has 0 N–H and O–H groups in total. The van der Waals surface area contributed by atoms with Crippen molar-refractivity contribution in [1.82, 2.24) is 0 Å². The largest absolute Gasteiger partial charge is 0.550 e. The van der Waals surface area contributed by atoms with Gasteiger partial charge in [-0.05, 0) is 13.3 Å². The molecule has 0 saturated heterocycles. The van der Waals surface area contributed by atoms with Crippen LogP contribution in [0.1, 0.15) is 84.5 Å². The van der Waals surface area contributed by atoms with Gasteiger partial charge in [0.15, 0.2) is 0 Å². The summed E-state index contributed by atoms with van der Waals surface area (Å²) in [7, 11) is 0. The van der Waals surface area contributed by atoms with Crippen molar-refractivity contribution in [2.75, 3.05) is 0 Å². The number of carboxylic acid groups (broad SMARTS) is 1. The van der Waals surface area contributed by atoms with E-state index in [-0.39, 0.29) is 5.38 Å². The van der Waals surface area contributed by atoms with Gasteiger partial charge in [-0.2, -0.15) is 0 Å². The van der Waals surface area contributed by atoms with Gasteiger partial charge >= 0.3 is 0 Å². The lowest BCUT2D eigenvalue weighted by Gasteiger charge is -2.19. The fourth-order valence-electron chi connectivity index (χ4n) is 2.39. The summed E-state index contributed by atoms with van der Waals surface area (Å²) in [5.74, 6) is -1.49. The van der Waals surface area contributed by atoms with E-state index in [2.05, 4.69) is 6.92 Å². The monoisotopic (exact) mass is 289 g/mol. The zero-order valence-electron chi connectivity index (χ0n) is 12.6. The highest BCUT2D eigenvalue weighted by Crippen LogP contribution is 2.18. The molecule has 2 atom stereocenters. The van der Waals surface area contributed by atoms with Crippen LogP contribution in [0.15, 0.2) is 0 Å². The van der Waals surface area contributed by atoms with Crippen molar-refractivity contribution >= 4 is 17.6 Å². The van der Waals surface area contributed by atoms with Crippen LogP contribution in [0.4, 0.5) is 0 Å². The minimum absolute atomic E-state index is 0.330. The molecule has 0 bridgehead atoms. The molecule has 0 aliphatic rings. The van der Waals surface area contributed by atoms with Crippen molar-refractivity contribution in [3.05, 3.63) is 0 Å². The SMILES string of the molecule is CCCCCCCCCCCCC(C(=O)[O-])C(C)Cl. The Morgan fingerprint density at radius 1 is 0.947 bits per heavy atom. The Hall–Kier alpha value is -0.240. The number of carbonyl (C=O) groups excluding carboxylic acids is 1. The van der Waals surface area contributed by atoms with Gasteiger partial charge in [0, 0.05) is 17.3 Å². The van der Waals surface area contributed by atoms with E-state index in [0.717, 1.165) is 12.8 Å². The number of hydrogen-bond acceptors (Lipinski definition) is 2. The molecule has 0 rings (SSSR count). The third-order valence-electron chi connectivity index (χ3n) is 3.73. The Labute approximate surface area is 123 Å². The molecule has 2 unspecified atom stereocenters. The molecule has 0 aliphatic heterocycles. The number of unbranched alkanes of at least 4 members (excludes halogenated alkanes) is 9. The maximum atomic E-state index is 10.8. The van der Waals surface area contributed by atoms with Crippen molar-refractivity contribution < 1.29 is 9.90 Å². The number of alkyl halides is 1. The predicted molar refractivity (Wildman–Crippen MR) is 80.3 cm³/mol. The van der Waals surface area contributed by atoms with Gasteiger partial charge in [0.05, 0.1) is 0 Å². The number of halogens is 1. The van der Waals surface area contributed by atoms with E-state index in [1.54, 1.807) is 6.92 Å². The first-order chi connectivity index (χ1) is 9.09. The summed E-state index contributed by atoms with van der Waals surface area (Å²) < 4.78 is 0. The van der Waals surface area contributed by atoms with Crippen LogP contribution in [0.2, 0.25) is 0 Å². The van der Waals surface area contributed by atoms with Crippen LogP contribution in [0.5, 0.6) is 0 Å². The fourth-order valence-corrected chi connectivity index (χ4v) is 2.62. The molecule has 0 aromatic heterocycles. The van der Waals surface area contributed by atoms with Crippen molar-refractivity contribution in [2.45, 2.75) is 89.9 Å². The van der Waals surface area contributed by atoms with Gasteiger partial charge in [-0.3, -0.25) is 0 Å². The lowest BCUT2D eigenvalue weighted by Crippen LogP contribution is -2.35. The van der Waals surface area contributed by atoms with Crippen LogP contribution in [-0.4, -0.2) is 11.3 Å². The number of aliphatic carboxylic acids is 1. The predicted octanol–water partition coefficient (Wildman–Crippen LogP) is 4.29. The van der Waals surface area contributed by atoms with Gasteiger partial charge in [-0.15, -0.1) is 11.6 Å². The first-order valence-corrected chi connectivity index (χ1v) is 8.38. The summed E-state index contributed by atoms with van der Waals surface area (Å²) in [4.78, 5) is 10.8. The Morgan fingerprint density at radius 2 is 1.37 bits per heavy atom. The Kier molecular flexibility index (Phi) is 12.6. The lowest BCUT2D eigenvalue weighted by molar-refractivity contribution is -0.311. The first kappa shape index (κ1) is 18.8. The van der Waals surface area contributed by atoms with Gasteiger partial charge in [-0.1, -0.05) is 71.1 Å².